The van der Waals surface area contributed by atoms with Crippen LogP contribution in [0.4, 0.5) is 0 Å². The van der Waals surface area contributed by atoms with Gasteiger partial charge < -0.3 is 0 Å². The minimum absolute atomic E-state index is 1.28. The Morgan fingerprint density at radius 2 is 1.37 bits per heavy atom. The molecule has 0 amide bonds. The first-order valence-electron chi connectivity index (χ1n) is 6.64. The molecule has 0 nitrogen and oxygen atoms in total. The highest BCUT2D eigenvalue weighted by molar-refractivity contribution is 6.70. The fraction of sp³-hybridized carbons (Fsp3) is 0.111. The molecule has 1 heteroatoms. The molecule has 0 aliphatic heterocycles. The Morgan fingerprint density at radius 1 is 0.684 bits per heavy atom. The first kappa shape index (κ1) is 12.0. The van der Waals surface area contributed by atoms with E-state index in [0.29, 0.717) is 0 Å². The zero-order chi connectivity index (χ0) is 13.2. The van der Waals surface area contributed by atoms with Crippen LogP contribution in [-0.4, -0.2) is 7.28 Å². The van der Waals surface area contributed by atoms with E-state index in [-0.39, 0.29) is 0 Å². The molecular formula is C18H16B. The molecule has 0 aromatic heterocycles. The third-order valence-corrected chi connectivity index (χ3v) is 3.78. The summed E-state index contributed by atoms with van der Waals surface area (Å²) >= 11 is 0. The smallest absolute Gasteiger partial charge is 0.0783 e. The fourth-order valence-electron chi connectivity index (χ4n) is 2.47. The van der Waals surface area contributed by atoms with Crippen molar-refractivity contribution in [3.63, 3.8) is 0 Å². The molecule has 19 heavy (non-hydrogen) atoms. The van der Waals surface area contributed by atoms with Crippen molar-refractivity contribution >= 4 is 29.0 Å². The fourth-order valence-corrected chi connectivity index (χ4v) is 2.47. The minimum atomic E-state index is 1.28. The lowest BCUT2D eigenvalue weighted by Crippen LogP contribution is -2.29. The Kier molecular flexibility index (Phi) is 3.12. The van der Waals surface area contributed by atoms with Crippen LogP contribution in [0.15, 0.2) is 60.7 Å². The average molecular weight is 243 g/mol. The molecule has 0 fully saturated rings. The van der Waals surface area contributed by atoms with E-state index >= 15 is 0 Å². The first-order valence-corrected chi connectivity index (χ1v) is 6.64. The second-order valence-electron chi connectivity index (χ2n) is 5.00. The number of aryl methyl sites for hydroxylation is 1. The van der Waals surface area contributed by atoms with Gasteiger partial charge >= 0.3 is 0 Å². The summed E-state index contributed by atoms with van der Waals surface area (Å²) < 4.78 is 0. The van der Waals surface area contributed by atoms with E-state index in [1.54, 1.807) is 0 Å². The van der Waals surface area contributed by atoms with Crippen molar-refractivity contribution in [1.29, 1.82) is 0 Å². The van der Waals surface area contributed by atoms with Gasteiger partial charge in [0.15, 0.2) is 7.28 Å². The van der Waals surface area contributed by atoms with Crippen LogP contribution in [0.5, 0.6) is 0 Å². The molecule has 0 aliphatic carbocycles. The Hall–Kier alpha value is -2.02. The van der Waals surface area contributed by atoms with Crippen LogP contribution in [0.1, 0.15) is 11.1 Å². The van der Waals surface area contributed by atoms with Gasteiger partial charge in [-0.1, -0.05) is 77.2 Å². The zero-order valence-corrected chi connectivity index (χ0v) is 11.4. The van der Waals surface area contributed by atoms with Crippen LogP contribution < -0.4 is 10.9 Å². The highest BCUT2D eigenvalue weighted by atomic mass is 14.0. The minimum Gasteiger partial charge on any atom is -0.0783 e. The molecular weight excluding hydrogens is 227 g/mol. The molecule has 0 spiro atoms. The van der Waals surface area contributed by atoms with E-state index < -0.39 is 0 Å². The normalized spacial score (nSPS) is 10.6. The van der Waals surface area contributed by atoms with Gasteiger partial charge in [-0.2, -0.15) is 0 Å². The predicted molar refractivity (Wildman–Crippen MR) is 84.9 cm³/mol. The summed E-state index contributed by atoms with van der Waals surface area (Å²) in [6.07, 6.45) is 0. The number of benzene rings is 3. The monoisotopic (exact) mass is 243 g/mol. The highest BCUT2D eigenvalue weighted by Gasteiger charge is 2.06. The van der Waals surface area contributed by atoms with Crippen LogP contribution in [-0.2, 0) is 0 Å². The van der Waals surface area contributed by atoms with Crippen molar-refractivity contribution in [3.8, 4) is 0 Å². The molecule has 0 bridgehead atoms. The first-order chi connectivity index (χ1) is 9.25. The van der Waals surface area contributed by atoms with Gasteiger partial charge in [0, 0.05) is 0 Å². The number of rotatable bonds is 2. The third kappa shape index (κ3) is 2.29. The van der Waals surface area contributed by atoms with Gasteiger partial charge in [0.2, 0.25) is 0 Å². The van der Waals surface area contributed by atoms with Gasteiger partial charge in [0.05, 0.1) is 0 Å². The molecule has 3 aromatic rings. The van der Waals surface area contributed by atoms with Gasteiger partial charge in [-0.05, 0) is 30.2 Å². The molecule has 0 unspecified atom stereocenters. The number of fused-ring (bicyclic) bond motifs is 1. The maximum Gasteiger partial charge on any atom is 0.192 e. The molecule has 0 N–H and O–H groups in total. The van der Waals surface area contributed by atoms with E-state index in [2.05, 4.69) is 81.8 Å². The van der Waals surface area contributed by atoms with Crippen molar-refractivity contribution in [2.45, 2.75) is 13.8 Å². The van der Waals surface area contributed by atoms with Crippen LogP contribution in [0, 0.1) is 13.8 Å². The molecule has 3 rings (SSSR count). The molecule has 0 saturated carbocycles. The topological polar surface area (TPSA) is 0 Å². The summed E-state index contributed by atoms with van der Waals surface area (Å²) in [5.41, 5.74) is 5.28. The summed E-state index contributed by atoms with van der Waals surface area (Å²) in [5, 5.41) is 2.60. The summed E-state index contributed by atoms with van der Waals surface area (Å²) in [5.74, 6) is 0. The summed E-state index contributed by atoms with van der Waals surface area (Å²) in [6.45, 7) is 4.35. The Labute approximate surface area is 115 Å². The lowest BCUT2D eigenvalue weighted by Gasteiger charge is -2.10. The predicted octanol–water partition coefficient (Wildman–Crippen LogP) is 3.11. The Morgan fingerprint density at radius 3 is 2.26 bits per heavy atom. The third-order valence-electron chi connectivity index (χ3n) is 3.78. The van der Waals surface area contributed by atoms with Crippen molar-refractivity contribution in [3.05, 3.63) is 71.8 Å². The van der Waals surface area contributed by atoms with Crippen LogP contribution in [0.2, 0.25) is 0 Å². The van der Waals surface area contributed by atoms with Gasteiger partial charge in [0.1, 0.15) is 0 Å². The maximum atomic E-state index is 2.28. The summed E-state index contributed by atoms with van der Waals surface area (Å²) in [4.78, 5) is 0. The zero-order valence-electron chi connectivity index (χ0n) is 11.4. The van der Waals surface area contributed by atoms with Gasteiger partial charge in [-0.15, -0.1) is 0 Å². The van der Waals surface area contributed by atoms with Crippen LogP contribution in [0.25, 0.3) is 10.8 Å². The molecule has 3 aromatic carbocycles. The largest absolute Gasteiger partial charge is 0.192 e. The van der Waals surface area contributed by atoms with Gasteiger partial charge in [-0.25, -0.2) is 0 Å². The quantitative estimate of drug-likeness (QED) is 0.606. The lowest BCUT2D eigenvalue weighted by molar-refractivity contribution is 1.37. The maximum absolute atomic E-state index is 2.28. The van der Waals surface area contributed by atoms with E-state index in [9.17, 15) is 0 Å². The van der Waals surface area contributed by atoms with Crippen molar-refractivity contribution < 1.29 is 0 Å². The molecule has 1 radical (unpaired) electrons. The second kappa shape index (κ2) is 4.93. The number of hydrogen-bond donors (Lipinski definition) is 0. The molecule has 0 atom stereocenters. The van der Waals surface area contributed by atoms with Gasteiger partial charge in [0.25, 0.3) is 0 Å². The highest BCUT2D eigenvalue weighted by Crippen LogP contribution is 2.10. The number of hydrogen-bond acceptors (Lipinski definition) is 0. The van der Waals surface area contributed by atoms with E-state index in [1.807, 2.05) is 0 Å². The van der Waals surface area contributed by atoms with E-state index in [0.717, 1.165) is 0 Å². The Balaban J connectivity index is 2.09. The van der Waals surface area contributed by atoms with Gasteiger partial charge in [-0.3, -0.25) is 0 Å². The molecule has 0 aliphatic rings. The summed E-state index contributed by atoms with van der Waals surface area (Å²) in [6, 6.07) is 21.5. The standard InChI is InChI=1S/C18H16B/c1-13-7-5-11-17(14(13)2)19-18-12-6-9-15-8-3-4-10-16(15)18/h3-12H,1-2H3. The van der Waals surface area contributed by atoms with Crippen molar-refractivity contribution in [2.75, 3.05) is 0 Å². The summed E-state index contributed by atoms with van der Waals surface area (Å²) in [7, 11) is 2.28. The van der Waals surface area contributed by atoms with E-state index in [4.69, 9.17) is 0 Å². The SMILES string of the molecule is Cc1cccc([B]c2cccc3ccccc23)c1C. The van der Waals surface area contributed by atoms with Crippen molar-refractivity contribution in [2.24, 2.45) is 0 Å². The van der Waals surface area contributed by atoms with E-state index in [1.165, 1.54) is 32.8 Å². The lowest BCUT2D eigenvalue weighted by atomic mass is 9.61. The van der Waals surface area contributed by atoms with Crippen LogP contribution >= 0.6 is 0 Å². The Bertz CT molecular complexity index is 723. The average Bonchev–Trinajstić information content (AvgIpc) is 2.44. The molecule has 0 heterocycles. The van der Waals surface area contributed by atoms with Crippen LogP contribution in [0.3, 0.4) is 0 Å². The van der Waals surface area contributed by atoms with Crippen molar-refractivity contribution in [1.82, 2.24) is 0 Å². The molecule has 0 saturated heterocycles. The second-order valence-corrected chi connectivity index (χ2v) is 5.00. The molecule has 91 valence electrons.